The summed E-state index contributed by atoms with van der Waals surface area (Å²) in [4.78, 5) is 35.6. The largest absolute Gasteiger partial charge is 0.396 e. The van der Waals surface area contributed by atoms with Crippen molar-refractivity contribution in [3.8, 4) is 0 Å². The number of carbonyl (C=O) groups excluding carboxylic acids is 2. The molecule has 6 rings (SSSR count). The number of rotatable bonds is 14. The highest BCUT2D eigenvalue weighted by Crippen LogP contribution is 2.38. The first-order valence-electron chi connectivity index (χ1n) is 17.1. The molecule has 2 aliphatic carbocycles. The van der Waals surface area contributed by atoms with Crippen molar-refractivity contribution in [1.82, 2.24) is 11.0 Å². The summed E-state index contributed by atoms with van der Waals surface area (Å²) >= 11 is 10.2. The molecule has 0 radical (unpaired) electrons. The zero-order valence-electron chi connectivity index (χ0n) is 29.7. The lowest BCUT2D eigenvalue weighted by Gasteiger charge is -2.18. The van der Waals surface area contributed by atoms with Crippen LogP contribution in [-0.4, -0.2) is 48.0 Å². The Kier molecular flexibility index (Phi) is 15.8. The van der Waals surface area contributed by atoms with Crippen LogP contribution in [0.3, 0.4) is 0 Å². The molecule has 300 valence electrons. The van der Waals surface area contributed by atoms with Crippen molar-refractivity contribution < 1.29 is 47.0 Å². The average Bonchev–Trinajstić information content (AvgIpc) is 4.11. The number of carbonyl (C=O) groups is 2. The number of aliphatic hydroxyl groups excluding tert-OH is 2. The Morgan fingerprint density at radius 2 is 1.25 bits per heavy atom. The molecule has 0 bridgehead atoms. The van der Waals surface area contributed by atoms with Crippen LogP contribution in [0.4, 0.5) is 40.3 Å². The summed E-state index contributed by atoms with van der Waals surface area (Å²) in [5, 5.41) is 24.0. The zero-order chi connectivity index (χ0) is 40.8. The molecule has 3 unspecified atom stereocenters. The predicted molar refractivity (Wildman–Crippen MR) is 227 cm³/mol. The van der Waals surface area contributed by atoms with E-state index in [0.29, 0.717) is 11.4 Å². The molecule has 10 nitrogen and oxygen atoms in total. The van der Waals surface area contributed by atoms with Gasteiger partial charge >= 0.3 is 0 Å². The minimum Gasteiger partial charge on any atom is -0.396 e. The molecule has 2 amide bonds. The Labute approximate surface area is 364 Å². The second kappa shape index (κ2) is 19.9. The molecule has 18 heteroatoms. The summed E-state index contributed by atoms with van der Waals surface area (Å²) in [6.45, 7) is 3.75. The average molecular weight is 1130 g/mol. The van der Waals surface area contributed by atoms with E-state index < -0.39 is 41.2 Å². The number of nitrogens with one attached hydrogen (secondary N) is 4. The van der Waals surface area contributed by atoms with E-state index >= 15 is 0 Å². The second-order valence-electron chi connectivity index (χ2n) is 13.3. The van der Waals surface area contributed by atoms with E-state index in [-0.39, 0.29) is 69.0 Å². The maximum atomic E-state index is 14.7. The molecular formula is C38H36Br2F4I2N4O6. The fraction of sp³-hybridized carbons (Fsp3) is 0.316. The molecule has 4 aromatic carbocycles. The van der Waals surface area contributed by atoms with E-state index in [1.807, 2.05) is 38.1 Å². The number of hydroxylamine groups is 2. The van der Waals surface area contributed by atoms with Crippen LogP contribution in [0, 0.1) is 62.0 Å². The molecule has 0 spiro atoms. The Balaban J connectivity index is 0.000000214. The van der Waals surface area contributed by atoms with Crippen molar-refractivity contribution in [2.24, 2.45) is 17.8 Å². The van der Waals surface area contributed by atoms with E-state index in [2.05, 4.69) is 98.6 Å². The molecule has 2 saturated carbocycles. The summed E-state index contributed by atoms with van der Waals surface area (Å²) < 4.78 is 59.1. The molecular weight excluding hydrogens is 1100 g/mol. The molecule has 6 N–H and O–H groups in total. The number of amides is 2. The fourth-order valence-corrected chi connectivity index (χ4v) is 7.64. The van der Waals surface area contributed by atoms with Gasteiger partial charge in [-0.05, 0) is 188 Å². The number of aliphatic hydroxyl groups is 2. The smallest absolute Gasteiger partial charge is 0.277 e. The molecule has 0 heterocycles. The van der Waals surface area contributed by atoms with Crippen molar-refractivity contribution in [2.75, 3.05) is 30.5 Å². The van der Waals surface area contributed by atoms with Gasteiger partial charge in [0, 0.05) is 25.1 Å². The molecule has 4 aromatic rings. The number of anilines is 4. The first-order chi connectivity index (χ1) is 26.6. The number of aryl methyl sites for hydroxylation is 2. The topological polar surface area (TPSA) is 141 Å². The van der Waals surface area contributed by atoms with Crippen LogP contribution >= 0.6 is 77.0 Å². The van der Waals surface area contributed by atoms with E-state index in [4.69, 9.17) is 14.8 Å². The highest BCUT2D eigenvalue weighted by Gasteiger charge is 2.37. The normalized spacial score (nSPS) is 16.4. The lowest BCUT2D eigenvalue weighted by Crippen LogP contribution is -2.33. The van der Waals surface area contributed by atoms with Gasteiger partial charge in [0.2, 0.25) is 0 Å². The van der Waals surface area contributed by atoms with Crippen molar-refractivity contribution >= 4 is 112 Å². The van der Waals surface area contributed by atoms with E-state index in [1.54, 1.807) is 12.1 Å². The van der Waals surface area contributed by atoms with Gasteiger partial charge in [-0.3, -0.25) is 19.3 Å². The summed E-state index contributed by atoms with van der Waals surface area (Å²) in [6.07, 6.45) is 2.14. The molecule has 2 aliphatic rings. The second-order valence-corrected chi connectivity index (χ2v) is 17.5. The van der Waals surface area contributed by atoms with Crippen molar-refractivity contribution in [3.63, 3.8) is 0 Å². The minimum absolute atomic E-state index is 0.0848. The molecule has 0 saturated heterocycles. The summed E-state index contributed by atoms with van der Waals surface area (Å²) in [5.41, 5.74) is 6.45. The SMILES string of the molecule is Cc1cc(I)ccc1Nc1c(C(=O)NOC(CO)C2CC2)cc(Br)c(F)c1F.Cc1cc(I)ccc1Nc1c(C(=O)NOCC2CC2CO)cc(Br)c(F)c1F. The van der Waals surface area contributed by atoms with Gasteiger partial charge in [0.05, 0.1) is 44.7 Å². The summed E-state index contributed by atoms with van der Waals surface area (Å²) in [7, 11) is 0. The van der Waals surface area contributed by atoms with Crippen molar-refractivity contribution in [3.05, 3.63) is 110 Å². The maximum Gasteiger partial charge on any atom is 0.277 e. The Bertz CT molecular complexity index is 2120. The lowest BCUT2D eigenvalue weighted by atomic mass is 10.1. The van der Waals surface area contributed by atoms with Crippen LogP contribution in [0.2, 0.25) is 0 Å². The quantitative estimate of drug-likeness (QED) is 0.0318. The highest BCUT2D eigenvalue weighted by molar-refractivity contribution is 14.1. The third-order valence-corrected chi connectivity index (χ3v) is 11.6. The Morgan fingerprint density at radius 3 is 1.66 bits per heavy atom. The third kappa shape index (κ3) is 11.3. The molecule has 0 aliphatic heterocycles. The van der Waals surface area contributed by atoms with E-state index in [9.17, 15) is 32.3 Å². The van der Waals surface area contributed by atoms with Gasteiger partial charge in [0.25, 0.3) is 11.8 Å². The van der Waals surface area contributed by atoms with Gasteiger partial charge in [-0.2, -0.15) is 0 Å². The Hall–Kier alpha value is -2.60. The van der Waals surface area contributed by atoms with Crippen LogP contribution in [-0.2, 0) is 9.68 Å². The van der Waals surface area contributed by atoms with E-state index in [0.717, 1.165) is 37.5 Å². The first kappa shape index (κ1) is 44.5. The van der Waals surface area contributed by atoms with Gasteiger partial charge in [0.15, 0.2) is 23.3 Å². The van der Waals surface area contributed by atoms with Crippen molar-refractivity contribution in [2.45, 2.75) is 39.2 Å². The number of benzene rings is 4. The van der Waals surface area contributed by atoms with Crippen LogP contribution in [0.15, 0.2) is 57.5 Å². The maximum absolute atomic E-state index is 14.7. The van der Waals surface area contributed by atoms with Crippen molar-refractivity contribution in [1.29, 1.82) is 0 Å². The minimum atomic E-state index is -1.18. The zero-order valence-corrected chi connectivity index (χ0v) is 37.2. The van der Waals surface area contributed by atoms with Gasteiger partial charge in [0.1, 0.15) is 6.10 Å². The first-order valence-corrected chi connectivity index (χ1v) is 20.9. The molecule has 2 fully saturated rings. The summed E-state index contributed by atoms with van der Waals surface area (Å²) in [6, 6.07) is 13.2. The van der Waals surface area contributed by atoms with Gasteiger partial charge in [-0.1, -0.05) is 0 Å². The number of hydrogen-bond acceptors (Lipinski definition) is 8. The van der Waals surface area contributed by atoms with Crippen LogP contribution < -0.4 is 21.6 Å². The molecule has 3 atom stereocenters. The van der Waals surface area contributed by atoms with Crippen LogP contribution in [0.1, 0.15) is 51.1 Å². The van der Waals surface area contributed by atoms with Gasteiger partial charge < -0.3 is 20.8 Å². The lowest BCUT2D eigenvalue weighted by molar-refractivity contribution is -0.0497. The van der Waals surface area contributed by atoms with E-state index in [1.165, 1.54) is 12.1 Å². The number of halogens is 8. The molecule has 0 aromatic heterocycles. The number of hydrogen-bond donors (Lipinski definition) is 6. The van der Waals surface area contributed by atoms with Gasteiger partial charge in [-0.25, -0.2) is 28.5 Å². The molecule has 56 heavy (non-hydrogen) atoms. The van der Waals surface area contributed by atoms with Gasteiger partial charge in [-0.15, -0.1) is 0 Å². The monoisotopic (exact) mass is 1130 g/mol. The standard InChI is InChI=1S/2C19H18BrF2IN2O3/c1-9-4-12(23)2-3-15(9)24-18-13(6-14(20)16(21)17(18)22)19(27)25-28-8-11-5-10(11)7-26;1-9-6-11(23)4-5-14(9)24-18-12(7-13(20)16(21)17(18)22)19(27)25-28-15(8-26)10-2-3-10/h2-4,6,10-11,24,26H,5,7-8H2,1H3,(H,25,27);4-7,10,15,24,26H,2-3,8H2,1H3,(H,25,27). The summed E-state index contributed by atoms with van der Waals surface area (Å²) in [5.74, 6) is -5.42. The fourth-order valence-electron chi connectivity index (χ4n) is 5.54. The Morgan fingerprint density at radius 1 is 0.768 bits per heavy atom. The highest BCUT2D eigenvalue weighted by atomic mass is 127. The predicted octanol–water partition coefficient (Wildman–Crippen LogP) is 9.49. The van der Waals surface area contributed by atoms with Crippen LogP contribution in [0.5, 0.6) is 0 Å². The third-order valence-electron chi connectivity index (χ3n) is 9.11. The van der Waals surface area contributed by atoms with Crippen LogP contribution in [0.25, 0.3) is 0 Å².